The summed E-state index contributed by atoms with van der Waals surface area (Å²) in [5.74, 6) is -0.288. The topological polar surface area (TPSA) is 90.9 Å². The highest BCUT2D eigenvalue weighted by atomic mass is 32.2. The van der Waals surface area contributed by atoms with E-state index in [9.17, 15) is 17.6 Å². The molecule has 1 aliphatic heterocycles. The first kappa shape index (κ1) is 22.7. The zero-order valence-electron chi connectivity index (χ0n) is 17.7. The van der Waals surface area contributed by atoms with Crippen molar-refractivity contribution in [2.75, 3.05) is 26.4 Å². The van der Waals surface area contributed by atoms with Gasteiger partial charge in [-0.2, -0.15) is 0 Å². The molecule has 0 saturated carbocycles. The molecular formula is C22H27FN4O3S. The van der Waals surface area contributed by atoms with Gasteiger partial charge in [-0.15, -0.1) is 0 Å². The van der Waals surface area contributed by atoms with Crippen LogP contribution >= 0.6 is 0 Å². The Balaban J connectivity index is 1.56. The summed E-state index contributed by atoms with van der Waals surface area (Å²) in [7, 11) is -1.69. The number of fused-ring (bicyclic) bond motifs is 1. The molecule has 0 radical (unpaired) electrons. The molecule has 9 heteroatoms. The van der Waals surface area contributed by atoms with Gasteiger partial charge in [0.25, 0.3) is 0 Å². The SMILES string of the molecule is CN=C(NCC(=O)N1CCc2ccccc2C1)NCc1cc(F)ccc1CS(C)(=O)=O. The molecule has 0 bridgehead atoms. The summed E-state index contributed by atoms with van der Waals surface area (Å²) in [6.45, 7) is 1.50. The van der Waals surface area contributed by atoms with E-state index < -0.39 is 15.7 Å². The number of aliphatic imine (C=N–C) groups is 1. The number of carbonyl (C=O) groups is 1. The molecule has 1 aliphatic rings. The maximum absolute atomic E-state index is 13.7. The second-order valence-corrected chi connectivity index (χ2v) is 9.74. The third kappa shape index (κ3) is 6.52. The number of benzene rings is 2. The second-order valence-electron chi connectivity index (χ2n) is 7.60. The molecule has 0 spiro atoms. The van der Waals surface area contributed by atoms with Crippen LogP contribution in [-0.2, 0) is 39.9 Å². The molecule has 0 fully saturated rings. The van der Waals surface area contributed by atoms with Crippen LogP contribution in [0.25, 0.3) is 0 Å². The Bertz CT molecular complexity index is 1090. The van der Waals surface area contributed by atoms with Crippen LogP contribution in [0, 0.1) is 5.82 Å². The fraction of sp³-hybridized carbons (Fsp3) is 0.364. The van der Waals surface area contributed by atoms with E-state index in [0.29, 0.717) is 30.2 Å². The van der Waals surface area contributed by atoms with Crippen molar-refractivity contribution in [1.29, 1.82) is 0 Å². The van der Waals surface area contributed by atoms with E-state index in [-0.39, 0.29) is 24.7 Å². The number of amides is 1. The van der Waals surface area contributed by atoms with Crippen LogP contribution in [0.3, 0.4) is 0 Å². The number of nitrogens with zero attached hydrogens (tertiary/aromatic N) is 2. The van der Waals surface area contributed by atoms with Crippen LogP contribution in [0.4, 0.5) is 4.39 Å². The average molecular weight is 447 g/mol. The second kappa shape index (κ2) is 9.91. The lowest BCUT2D eigenvalue weighted by molar-refractivity contribution is -0.130. The van der Waals surface area contributed by atoms with Gasteiger partial charge < -0.3 is 15.5 Å². The first-order chi connectivity index (χ1) is 14.7. The minimum atomic E-state index is -3.26. The number of rotatable bonds is 6. The van der Waals surface area contributed by atoms with Gasteiger partial charge in [-0.25, -0.2) is 12.8 Å². The quantitative estimate of drug-likeness (QED) is 0.520. The Hall–Kier alpha value is -2.94. The van der Waals surface area contributed by atoms with E-state index in [0.717, 1.165) is 18.2 Å². The fourth-order valence-electron chi connectivity index (χ4n) is 3.56. The molecule has 31 heavy (non-hydrogen) atoms. The van der Waals surface area contributed by atoms with Gasteiger partial charge in [-0.05, 0) is 40.8 Å². The Morgan fingerprint density at radius 2 is 1.87 bits per heavy atom. The predicted octanol–water partition coefficient (Wildman–Crippen LogP) is 1.62. The predicted molar refractivity (Wildman–Crippen MR) is 119 cm³/mol. The summed E-state index contributed by atoms with van der Waals surface area (Å²) in [5.41, 5.74) is 3.48. The molecule has 1 heterocycles. The zero-order valence-corrected chi connectivity index (χ0v) is 18.5. The maximum atomic E-state index is 13.7. The van der Waals surface area contributed by atoms with Gasteiger partial charge in [0.15, 0.2) is 15.8 Å². The number of carbonyl (C=O) groups excluding carboxylic acids is 1. The lowest BCUT2D eigenvalue weighted by atomic mass is 10.00. The highest BCUT2D eigenvalue weighted by molar-refractivity contribution is 7.89. The van der Waals surface area contributed by atoms with E-state index in [1.807, 2.05) is 18.2 Å². The largest absolute Gasteiger partial charge is 0.352 e. The standard InChI is InChI=1S/C22H27FN4O3S/c1-24-22(25-12-19-11-20(23)8-7-18(19)15-31(2,29)30)26-13-21(28)27-10-9-16-5-3-4-6-17(16)14-27/h3-8,11H,9-10,12-15H2,1-2H3,(H2,24,25,26). The third-order valence-corrected chi connectivity index (χ3v) is 5.98. The van der Waals surface area contributed by atoms with Crippen LogP contribution in [-0.4, -0.2) is 51.6 Å². The molecule has 166 valence electrons. The number of hydrogen-bond acceptors (Lipinski definition) is 4. The van der Waals surface area contributed by atoms with E-state index in [2.05, 4.69) is 21.7 Å². The van der Waals surface area contributed by atoms with Crippen molar-refractivity contribution in [3.05, 3.63) is 70.5 Å². The summed E-state index contributed by atoms with van der Waals surface area (Å²) in [6.07, 6.45) is 1.97. The summed E-state index contributed by atoms with van der Waals surface area (Å²) >= 11 is 0. The minimum Gasteiger partial charge on any atom is -0.352 e. The van der Waals surface area contributed by atoms with Gasteiger partial charge in [0.1, 0.15) is 5.82 Å². The molecule has 2 N–H and O–H groups in total. The van der Waals surface area contributed by atoms with E-state index in [4.69, 9.17) is 0 Å². The molecule has 0 atom stereocenters. The van der Waals surface area contributed by atoms with Gasteiger partial charge in [-0.1, -0.05) is 30.3 Å². The van der Waals surface area contributed by atoms with Gasteiger partial charge in [0.05, 0.1) is 12.3 Å². The van der Waals surface area contributed by atoms with Crippen molar-refractivity contribution in [2.24, 2.45) is 4.99 Å². The summed E-state index contributed by atoms with van der Waals surface area (Å²) in [6, 6.07) is 12.1. The molecule has 3 rings (SSSR count). The number of sulfone groups is 1. The monoisotopic (exact) mass is 446 g/mol. The molecular weight excluding hydrogens is 419 g/mol. The molecule has 7 nitrogen and oxygen atoms in total. The van der Waals surface area contributed by atoms with Gasteiger partial charge in [0, 0.05) is 32.9 Å². The van der Waals surface area contributed by atoms with Crippen LogP contribution in [0.15, 0.2) is 47.5 Å². The normalized spacial score (nSPS) is 14.2. The highest BCUT2D eigenvalue weighted by Crippen LogP contribution is 2.18. The van der Waals surface area contributed by atoms with Crippen molar-refractivity contribution in [3.8, 4) is 0 Å². The van der Waals surface area contributed by atoms with Crippen LogP contribution in [0.1, 0.15) is 22.3 Å². The highest BCUT2D eigenvalue weighted by Gasteiger charge is 2.20. The summed E-state index contributed by atoms with van der Waals surface area (Å²) in [5, 5.41) is 6.00. The van der Waals surface area contributed by atoms with Crippen molar-refractivity contribution >= 4 is 21.7 Å². The molecule has 0 aromatic heterocycles. The number of hydrogen-bond donors (Lipinski definition) is 2. The Morgan fingerprint density at radius 3 is 2.58 bits per heavy atom. The molecule has 2 aromatic carbocycles. The molecule has 0 saturated heterocycles. The maximum Gasteiger partial charge on any atom is 0.242 e. The van der Waals surface area contributed by atoms with Gasteiger partial charge >= 0.3 is 0 Å². The van der Waals surface area contributed by atoms with Crippen LogP contribution in [0.2, 0.25) is 0 Å². The van der Waals surface area contributed by atoms with Crippen LogP contribution in [0.5, 0.6) is 0 Å². The molecule has 0 unspecified atom stereocenters. The fourth-order valence-corrected chi connectivity index (χ4v) is 4.41. The third-order valence-electron chi connectivity index (χ3n) is 5.15. The Morgan fingerprint density at radius 1 is 1.13 bits per heavy atom. The van der Waals surface area contributed by atoms with Crippen molar-refractivity contribution < 1.29 is 17.6 Å². The van der Waals surface area contributed by atoms with Crippen molar-refractivity contribution in [3.63, 3.8) is 0 Å². The van der Waals surface area contributed by atoms with Gasteiger partial charge in [0.2, 0.25) is 5.91 Å². The first-order valence-electron chi connectivity index (χ1n) is 9.99. The zero-order chi connectivity index (χ0) is 22.4. The minimum absolute atomic E-state index is 0.0408. The van der Waals surface area contributed by atoms with E-state index in [1.165, 1.54) is 23.8 Å². The molecule has 0 aliphatic carbocycles. The lowest BCUT2D eigenvalue weighted by Gasteiger charge is -2.29. The van der Waals surface area contributed by atoms with Gasteiger partial charge in [-0.3, -0.25) is 9.79 Å². The molecule has 1 amide bonds. The lowest BCUT2D eigenvalue weighted by Crippen LogP contribution is -2.45. The van der Waals surface area contributed by atoms with Crippen LogP contribution < -0.4 is 10.6 Å². The van der Waals surface area contributed by atoms with E-state index in [1.54, 1.807) is 11.9 Å². The Labute approximate surface area is 182 Å². The van der Waals surface area contributed by atoms with Crippen molar-refractivity contribution in [1.82, 2.24) is 15.5 Å². The summed E-state index contributed by atoms with van der Waals surface area (Å²) < 4.78 is 37.0. The first-order valence-corrected chi connectivity index (χ1v) is 12.1. The number of guanidine groups is 1. The molecule has 2 aromatic rings. The van der Waals surface area contributed by atoms with Crippen molar-refractivity contribution in [2.45, 2.75) is 25.3 Å². The van der Waals surface area contributed by atoms with E-state index >= 15 is 0 Å². The number of nitrogens with one attached hydrogen (secondary N) is 2. The average Bonchev–Trinajstić information content (AvgIpc) is 2.74. The number of halogens is 1. The smallest absolute Gasteiger partial charge is 0.242 e. The Kier molecular flexibility index (Phi) is 7.27. The summed E-state index contributed by atoms with van der Waals surface area (Å²) in [4.78, 5) is 18.5.